The maximum atomic E-state index is 13.0. The van der Waals surface area contributed by atoms with Gasteiger partial charge in [-0.2, -0.15) is 13.2 Å². The van der Waals surface area contributed by atoms with Gasteiger partial charge in [-0.1, -0.05) is 12.1 Å². The fourth-order valence-electron chi connectivity index (χ4n) is 4.44. The number of nitrogens with zero attached hydrogens (tertiary/aromatic N) is 4. The lowest BCUT2D eigenvalue weighted by molar-refractivity contribution is -0.137. The average molecular weight is 464 g/mol. The van der Waals surface area contributed by atoms with Gasteiger partial charge in [-0.25, -0.2) is 4.98 Å². The molecule has 0 radical (unpaired) electrons. The fraction of sp³-hybridized carbons (Fsp3) is 0.522. The van der Waals surface area contributed by atoms with Crippen LogP contribution >= 0.6 is 0 Å². The Kier molecular flexibility index (Phi) is 7.44. The van der Waals surface area contributed by atoms with Crippen LogP contribution in [0.15, 0.2) is 42.9 Å². The van der Waals surface area contributed by atoms with Crippen LogP contribution in [0.4, 0.5) is 19.0 Å². The first-order valence-corrected chi connectivity index (χ1v) is 11.2. The summed E-state index contributed by atoms with van der Waals surface area (Å²) in [5.74, 6) is 0.526. The van der Waals surface area contributed by atoms with Gasteiger partial charge in [0.25, 0.3) is 0 Å². The molecule has 0 bridgehead atoms. The van der Waals surface area contributed by atoms with Gasteiger partial charge in [0.1, 0.15) is 5.82 Å². The molecule has 3 heterocycles. The van der Waals surface area contributed by atoms with E-state index in [0.717, 1.165) is 42.9 Å². The fourth-order valence-corrected chi connectivity index (χ4v) is 4.44. The van der Waals surface area contributed by atoms with Crippen LogP contribution in [0, 0.1) is 5.92 Å². The van der Waals surface area contributed by atoms with E-state index in [1.807, 2.05) is 0 Å². The van der Waals surface area contributed by atoms with Gasteiger partial charge in [0.15, 0.2) is 0 Å². The van der Waals surface area contributed by atoms with E-state index in [9.17, 15) is 18.0 Å². The third-order valence-electron chi connectivity index (χ3n) is 6.24. The minimum absolute atomic E-state index is 0.0474. The molecule has 1 aromatic carbocycles. The molecule has 4 rings (SSSR count). The van der Waals surface area contributed by atoms with E-state index in [1.54, 1.807) is 18.6 Å². The Morgan fingerprint density at radius 1 is 1.15 bits per heavy atom. The van der Waals surface area contributed by atoms with E-state index in [0.29, 0.717) is 39.4 Å². The highest BCUT2D eigenvalue weighted by Gasteiger charge is 2.32. The van der Waals surface area contributed by atoms with Crippen molar-refractivity contribution in [1.82, 2.24) is 20.2 Å². The summed E-state index contributed by atoms with van der Waals surface area (Å²) < 4.78 is 44.4. The summed E-state index contributed by atoms with van der Waals surface area (Å²) in [4.78, 5) is 25.7. The van der Waals surface area contributed by atoms with Crippen LogP contribution in [0.3, 0.4) is 0 Å². The molecular formula is C23H28F3N5O2. The molecule has 2 aliphatic heterocycles. The van der Waals surface area contributed by atoms with Crippen LogP contribution in [0.2, 0.25) is 0 Å². The molecule has 178 valence electrons. The summed E-state index contributed by atoms with van der Waals surface area (Å²) >= 11 is 0. The number of morpholine rings is 1. The number of carbonyl (C=O) groups is 1. The smallest absolute Gasteiger partial charge is 0.379 e. The van der Waals surface area contributed by atoms with Crippen molar-refractivity contribution in [3.63, 3.8) is 0 Å². The second kappa shape index (κ2) is 10.5. The minimum Gasteiger partial charge on any atom is -0.379 e. The Morgan fingerprint density at radius 2 is 1.91 bits per heavy atom. The summed E-state index contributed by atoms with van der Waals surface area (Å²) in [6.07, 6.45) is 2.22. The molecule has 2 unspecified atom stereocenters. The number of benzene rings is 1. The predicted octanol–water partition coefficient (Wildman–Crippen LogP) is 2.90. The van der Waals surface area contributed by atoms with E-state index in [4.69, 9.17) is 4.74 Å². The molecule has 2 atom stereocenters. The molecular weight excluding hydrogens is 435 g/mol. The molecule has 0 aliphatic carbocycles. The van der Waals surface area contributed by atoms with Gasteiger partial charge in [0, 0.05) is 45.1 Å². The highest BCUT2D eigenvalue weighted by atomic mass is 19.4. The number of alkyl halides is 3. The molecule has 1 aromatic heterocycles. The molecule has 1 amide bonds. The monoisotopic (exact) mass is 463 g/mol. The second-order valence-electron chi connectivity index (χ2n) is 8.38. The molecule has 2 fully saturated rings. The highest BCUT2D eigenvalue weighted by Crippen LogP contribution is 2.31. The molecule has 0 spiro atoms. The largest absolute Gasteiger partial charge is 0.416 e. The molecule has 1 N–H and O–H groups in total. The summed E-state index contributed by atoms with van der Waals surface area (Å²) in [7, 11) is 0. The third kappa shape index (κ3) is 6.00. The Bertz CT molecular complexity index is 905. The van der Waals surface area contributed by atoms with Crippen molar-refractivity contribution in [2.24, 2.45) is 5.92 Å². The van der Waals surface area contributed by atoms with Crippen molar-refractivity contribution >= 4 is 11.7 Å². The number of rotatable bonds is 6. The predicted molar refractivity (Wildman–Crippen MR) is 117 cm³/mol. The van der Waals surface area contributed by atoms with Crippen molar-refractivity contribution in [1.29, 1.82) is 0 Å². The summed E-state index contributed by atoms with van der Waals surface area (Å²) in [6.45, 7) is 4.14. The van der Waals surface area contributed by atoms with Crippen LogP contribution in [-0.4, -0.2) is 66.7 Å². The number of anilines is 1. The lowest BCUT2D eigenvalue weighted by atomic mass is 9.96. The van der Waals surface area contributed by atoms with Gasteiger partial charge in [-0.15, -0.1) is 0 Å². The van der Waals surface area contributed by atoms with E-state index >= 15 is 0 Å². The van der Waals surface area contributed by atoms with Crippen LogP contribution in [0.5, 0.6) is 0 Å². The standard InChI is InChI=1S/C23H28F3N5O2/c24-23(25,26)19-5-3-17(4-6-19)20(30-10-12-33-13-11-30)14-29-22(32)18-2-1-9-31(16-18)21-15-27-7-8-28-21/h3-8,15,18,20H,1-2,9-14,16H2,(H,29,32). The van der Waals surface area contributed by atoms with Gasteiger partial charge >= 0.3 is 6.18 Å². The zero-order valence-corrected chi connectivity index (χ0v) is 18.3. The van der Waals surface area contributed by atoms with Gasteiger partial charge in [0.2, 0.25) is 5.91 Å². The molecule has 2 saturated heterocycles. The highest BCUT2D eigenvalue weighted by molar-refractivity contribution is 5.79. The van der Waals surface area contributed by atoms with Crippen molar-refractivity contribution in [3.05, 3.63) is 54.0 Å². The molecule has 0 saturated carbocycles. The molecule has 10 heteroatoms. The molecule has 2 aromatic rings. The van der Waals surface area contributed by atoms with E-state index in [1.165, 1.54) is 12.1 Å². The number of nitrogens with one attached hydrogen (secondary N) is 1. The number of hydrogen-bond donors (Lipinski definition) is 1. The Hall–Kier alpha value is -2.72. The van der Waals surface area contributed by atoms with Gasteiger partial charge in [-0.3, -0.25) is 14.7 Å². The number of hydrogen-bond acceptors (Lipinski definition) is 6. The number of amides is 1. The first-order chi connectivity index (χ1) is 15.9. The minimum atomic E-state index is -4.38. The van der Waals surface area contributed by atoms with Crippen molar-refractivity contribution in [2.45, 2.75) is 25.1 Å². The van der Waals surface area contributed by atoms with Crippen molar-refractivity contribution < 1.29 is 22.7 Å². The van der Waals surface area contributed by atoms with Gasteiger partial charge in [-0.05, 0) is 30.5 Å². The number of halogens is 3. The van der Waals surface area contributed by atoms with Crippen LogP contribution in [0.1, 0.15) is 30.0 Å². The summed E-state index contributed by atoms with van der Waals surface area (Å²) in [5.41, 5.74) is 0.0670. The Labute approximate surface area is 191 Å². The van der Waals surface area contributed by atoms with E-state index in [2.05, 4.69) is 25.1 Å². The number of piperidine rings is 1. The van der Waals surface area contributed by atoms with Crippen LogP contribution in [-0.2, 0) is 15.7 Å². The number of carbonyl (C=O) groups excluding carboxylic acids is 1. The maximum absolute atomic E-state index is 13.0. The Morgan fingerprint density at radius 3 is 2.58 bits per heavy atom. The molecule has 2 aliphatic rings. The average Bonchev–Trinajstić information content (AvgIpc) is 2.85. The van der Waals surface area contributed by atoms with E-state index < -0.39 is 11.7 Å². The van der Waals surface area contributed by atoms with E-state index in [-0.39, 0.29) is 17.9 Å². The number of aromatic nitrogens is 2. The van der Waals surface area contributed by atoms with Crippen LogP contribution in [0.25, 0.3) is 0 Å². The van der Waals surface area contributed by atoms with Crippen LogP contribution < -0.4 is 10.2 Å². The Balaban J connectivity index is 1.42. The lowest BCUT2D eigenvalue weighted by Gasteiger charge is -2.36. The number of ether oxygens (including phenoxy) is 1. The zero-order valence-electron chi connectivity index (χ0n) is 18.3. The lowest BCUT2D eigenvalue weighted by Crippen LogP contribution is -2.47. The quantitative estimate of drug-likeness (QED) is 0.711. The summed E-state index contributed by atoms with van der Waals surface area (Å²) in [5, 5.41) is 3.06. The van der Waals surface area contributed by atoms with Gasteiger partial charge in [0.05, 0.1) is 36.9 Å². The van der Waals surface area contributed by atoms with Gasteiger partial charge < -0.3 is 15.0 Å². The normalized spacial score (nSPS) is 20.9. The first kappa shape index (κ1) is 23.4. The first-order valence-electron chi connectivity index (χ1n) is 11.2. The summed E-state index contributed by atoms with van der Waals surface area (Å²) in [6, 6.07) is 4.99. The third-order valence-corrected chi connectivity index (χ3v) is 6.24. The van der Waals surface area contributed by atoms with Crippen molar-refractivity contribution in [3.8, 4) is 0 Å². The zero-order chi connectivity index (χ0) is 23.3. The topological polar surface area (TPSA) is 70.6 Å². The second-order valence-corrected chi connectivity index (χ2v) is 8.38. The SMILES string of the molecule is O=C(NCC(c1ccc(C(F)(F)F)cc1)N1CCOCC1)C1CCCN(c2cnccn2)C1. The van der Waals surface area contributed by atoms with Crippen molar-refractivity contribution in [2.75, 3.05) is 50.8 Å². The molecule has 7 nitrogen and oxygen atoms in total. The molecule has 33 heavy (non-hydrogen) atoms. The maximum Gasteiger partial charge on any atom is 0.416 e.